The summed E-state index contributed by atoms with van der Waals surface area (Å²) in [6, 6.07) is 8.57. The minimum atomic E-state index is -0.261. The van der Waals surface area contributed by atoms with Gasteiger partial charge in [0.25, 0.3) is 0 Å². The normalized spacial score (nSPS) is 9.56. The number of nitrogens with zero attached hydrogens (tertiary/aromatic N) is 1. The van der Waals surface area contributed by atoms with Crippen LogP contribution in [0.5, 0.6) is 0 Å². The topological polar surface area (TPSA) is 76.9 Å². The van der Waals surface area contributed by atoms with E-state index < -0.39 is 0 Å². The summed E-state index contributed by atoms with van der Waals surface area (Å²) in [4.78, 5) is 11.5. The molecule has 0 aliphatic carbocycles. The molecule has 0 radical (unpaired) electrons. The van der Waals surface area contributed by atoms with E-state index in [0.29, 0.717) is 17.8 Å². The smallest absolute Gasteiger partial charge is 0.319 e. The van der Waals surface area contributed by atoms with Gasteiger partial charge < -0.3 is 16.0 Å². The van der Waals surface area contributed by atoms with Crippen LogP contribution in [0.15, 0.2) is 24.3 Å². The number of carbonyl (C=O) groups excluding carboxylic acids is 1. The minimum Gasteiger partial charge on any atom is -0.337 e. The number of nitriles is 1. The Kier molecular flexibility index (Phi) is 6.30. The molecule has 0 aromatic heterocycles. The van der Waals surface area contributed by atoms with Crippen LogP contribution in [-0.2, 0) is 0 Å². The lowest BCUT2D eigenvalue weighted by Crippen LogP contribution is -2.34. The van der Waals surface area contributed by atoms with Crippen LogP contribution in [0.2, 0.25) is 0 Å². The van der Waals surface area contributed by atoms with Gasteiger partial charge in [-0.05, 0) is 31.2 Å². The van der Waals surface area contributed by atoms with Crippen molar-refractivity contribution < 1.29 is 4.79 Å². The molecule has 0 atom stereocenters. The van der Waals surface area contributed by atoms with E-state index in [4.69, 9.17) is 5.26 Å². The Labute approximate surface area is 107 Å². The predicted molar refractivity (Wildman–Crippen MR) is 71.3 cm³/mol. The van der Waals surface area contributed by atoms with Crippen LogP contribution in [0.25, 0.3) is 0 Å². The number of anilines is 1. The maximum Gasteiger partial charge on any atom is 0.319 e. The average molecular weight is 246 g/mol. The third-order valence-corrected chi connectivity index (χ3v) is 2.26. The Balaban J connectivity index is 2.29. The van der Waals surface area contributed by atoms with Gasteiger partial charge in [0, 0.05) is 18.8 Å². The molecule has 1 rings (SSSR count). The Morgan fingerprint density at radius 2 is 2.17 bits per heavy atom. The highest BCUT2D eigenvalue weighted by Crippen LogP contribution is 2.09. The Hall–Kier alpha value is -2.06. The van der Waals surface area contributed by atoms with E-state index in [1.165, 1.54) is 0 Å². The van der Waals surface area contributed by atoms with Crippen molar-refractivity contribution in [3.8, 4) is 6.07 Å². The van der Waals surface area contributed by atoms with Gasteiger partial charge in [0.15, 0.2) is 0 Å². The number of nitrogens with one attached hydrogen (secondary N) is 3. The highest BCUT2D eigenvalue weighted by Gasteiger charge is 2.01. The highest BCUT2D eigenvalue weighted by atomic mass is 16.2. The van der Waals surface area contributed by atoms with Gasteiger partial charge in [0.2, 0.25) is 0 Å². The molecule has 0 spiro atoms. The molecular formula is C13H18N4O. The molecule has 3 N–H and O–H groups in total. The van der Waals surface area contributed by atoms with Crippen LogP contribution >= 0.6 is 0 Å². The number of hydrogen-bond donors (Lipinski definition) is 3. The summed E-state index contributed by atoms with van der Waals surface area (Å²) in [5, 5.41) is 17.3. The molecule has 0 heterocycles. The van der Waals surface area contributed by atoms with Gasteiger partial charge in [-0.2, -0.15) is 5.26 Å². The molecule has 96 valence electrons. The first-order chi connectivity index (χ1) is 8.76. The summed E-state index contributed by atoms with van der Waals surface area (Å²) in [5.74, 6) is 0. The summed E-state index contributed by atoms with van der Waals surface area (Å²) >= 11 is 0. The summed E-state index contributed by atoms with van der Waals surface area (Å²) in [7, 11) is 0. The first-order valence-electron chi connectivity index (χ1n) is 6.02. The number of carbonyl (C=O) groups is 1. The summed E-state index contributed by atoms with van der Waals surface area (Å²) in [5.41, 5.74) is 1.14. The van der Waals surface area contributed by atoms with E-state index in [1.807, 2.05) is 6.07 Å². The van der Waals surface area contributed by atoms with Gasteiger partial charge in [-0.25, -0.2) is 4.79 Å². The van der Waals surface area contributed by atoms with E-state index in [2.05, 4.69) is 22.9 Å². The lowest BCUT2D eigenvalue weighted by Gasteiger charge is -2.08. The quantitative estimate of drug-likeness (QED) is 0.668. The molecular weight excluding hydrogens is 228 g/mol. The van der Waals surface area contributed by atoms with Gasteiger partial charge >= 0.3 is 6.03 Å². The number of rotatable bonds is 6. The molecule has 5 heteroatoms. The van der Waals surface area contributed by atoms with Gasteiger partial charge in [-0.15, -0.1) is 0 Å². The third-order valence-electron chi connectivity index (χ3n) is 2.26. The zero-order valence-electron chi connectivity index (χ0n) is 10.5. The van der Waals surface area contributed by atoms with Crippen molar-refractivity contribution in [2.75, 3.05) is 25.0 Å². The molecule has 2 amide bonds. The van der Waals surface area contributed by atoms with E-state index >= 15 is 0 Å². The molecule has 1 aromatic carbocycles. The van der Waals surface area contributed by atoms with Crippen molar-refractivity contribution in [1.29, 1.82) is 5.26 Å². The fourth-order valence-electron chi connectivity index (χ4n) is 1.41. The zero-order chi connectivity index (χ0) is 13.2. The maximum absolute atomic E-state index is 11.5. The lowest BCUT2D eigenvalue weighted by molar-refractivity contribution is 0.252. The number of amides is 2. The van der Waals surface area contributed by atoms with Crippen LogP contribution in [0.4, 0.5) is 10.5 Å². The predicted octanol–water partition coefficient (Wildman–Crippen LogP) is 1.68. The van der Waals surface area contributed by atoms with Crippen LogP contribution < -0.4 is 16.0 Å². The van der Waals surface area contributed by atoms with Crippen LogP contribution in [0.3, 0.4) is 0 Å². The van der Waals surface area contributed by atoms with E-state index in [9.17, 15) is 4.79 Å². The second-order valence-corrected chi connectivity index (χ2v) is 3.82. The SMILES string of the molecule is CCCNCCNC(=O)Nc1cccc(C#N)c1. The fraction of sp³-hybridized carbons (Fsp3) is 0.385. The molecule has 0 unspecified atom stereocenters. The Morgan fingerprint density at radius 3 is 2.89 bits per heavy atom. The number of urea groups is 1. The molecule has 0 bridgehead atoms. The van der Waals surface area contributed by atoms with Crippen LogP contribution in [0, 0.1) is 11.3 Å². The largest absolute Gasteiger partial charge is 0.337 e. The van der Waals surface area contributed by atoms with Crippen molar-refractivity contribution in [3.05, 3.63) is 29.8 Å². The highest BCUT2D eigenvalue weighted by molar-refractivity contribution is 5.89. The molecule has 0 aliphatic heterocycles. The number of benzene rings is 1. The second-order valence-electron chi connectivity index (χ2n) is 3.82. The molecule has 0 aliphatic rings. The first kappa shape index (κ1) is 14.0. The van der Waals surface area contributed by atoms with Gasteiger partial charge in [-0.1, -0.05) is 13.0 Å². The summed E-state index contributed by atoms with van der Waals surface area (Å²) in [6.45, 7) is 4.37. The summed E-state index contributed by atoms with van der Waals surface area (Å²) in [6.07, 6.45) is 1.08. The van der Waals surface area contributed by atoms with Crippen molar-refractivity contribution in [3.63, 3.8) is 0 Å². The zero-order valence-corrected chi connectivity index (χ0v) is 10.5. The fourth-order valence-corrected chi connectivity index (χ4v) is 1.41. The Bertz CT molecular complexity index is 425. The van der Waals surface area contributed by atoms with E-state index in [1.54, 1.807) is 24.3 Å². The molecule has 0 fully saturated rings. The van der Waals surface area contributed by atoms with Gasteiger partial charge in [0.05, 0.1) is 11.6 Å². The lowest BCUT2D eigenvalue weighted by atomic mass is 10.2. The second kappa shape index (κ2) is 8.09. The molecule has 0 saturated heterocycles. The van der Waals surface area contributed by atoms with Crippen LogP contribution in [0.1, 0.15) is 18.9 Å². The van der Waals surface area contributed by atoms with Crippen molar-refractivity contribution in [2.45, 2.75) is 13.3 Å². The Morgan fingerprint density at radius 1 is 1.33 bits per heavy atom. The third kappa shape index (κ3) is 5.32. The number of hydrogen-bond acceptors (Lipinski definition) is 3. The standard InChI is InChI=1S/C13H18N4O/c1-2-6-15-7-8-16-13(18)17-12-5-3-4-11(9-12)10-14/h3-5,9,15H,2,6-8H2,1H3,(H2,16,17,18). The molecule has 5 nitrogen and oxygen atoms in total. The molecule has 1 aromatic rings. The van der Waals surface area contributed by atoms with Crippen molar-refractivity contribution in [2.24, 2.45) is 0 Å². The van der Waals surface area contributed by atoms with Gasteiger partial charge in [-0.3, -0.25) is 0 Å². The average Bonchev–Trinajstić information content (AvgIpc) is 2.38. The minimum absolute atomic E-state index is 0.261. The van der Waals surface area contributed by atoms with Gasteiger partial charge in [0.1, 0.15) is 0 Å². The van der Waals surface area contributed by atoms with Crippen molar-refractivity contribution >= 4 is 11.7 Å². The monoisotopic (exact) mass is 246 g/mol. The first-order valence-corrected chi connectivity index (χ1v) is 6.02. The maximum atomic E-state index is 11.5. The molecule has 18 heavy (non-hydrogen) atoms. The van der Waals surface area contributed by atoms with Crippen LogP contribution in [-0.4, -0.2) is 25.7 Å². The van der Waals surface area contributed by atoms with E-state index in [0.717, 1.165) is 19.5 Å². The van der Waals surface area contributed by atoms with Crippen molar-refractivity contribution in [1.82, 2.24) is 10.6 Å². The molecule has 0 saturated carbocycles. The van der Waals surface area contributed by atoms with E-state index in [-0.39, 0.29) is 6.03 Å². The summed E-state index contributed by atoms with van der Waals surface area (Å²) < 4.78 is 0.